The maximum Gasteiger partial charge on any atom is 0.234 e. The van der Waals surface area contributed by atoms with Gasteiger partial charge in [-0.2, -0.15) is 0 Å². The first kappa shape index (κ1) is 19.4. The third-order valence-corrected chi connectivity index (χ3v) is 6.09. The highest BCUT2D eigenvalue weighted by molar-refractivity contribution is 6.03. The van der Waals surface area contributed by atoms with E-state index in [2.05, 4.69) is 15.6 Å². The van der Waals surface area contributed by atoms with Crippen molar-refractivity contribution in [1.29, 1.82) is 0 Å². The van der Waals surface area contributed by atoms with E-state index in [9.17, 15) is 14.4 Å². The van der Waals surface area contributed by atoms with Gasteiger partial charge in [-0.3, -0.25) is 19.4 Å². The molecule has 4 atom stereocenters. The fraction of sp³-hybridized carbons (Fsp3) is 0.304. The van der Waals surface area contributed by atoms with Crippen molar-refractivity contribution < 1.29 is 19.1 Å². The van der Waals surface area contributed by atoms with E-state index in [0.717, 1.165) is 5.56 Å². The molecule has 0 radical (unpaired) electrons. The zero-order valence-corrected chi connectivity index (χ0v) is 16.9. The Morgan fingerprint density at radius 2 is 2.06 bits per heavy atom. The molecule has 2 bridgehead atoms. The topological polar surface area (TPSA) is 101 Å². The van der Waals surface area contributed by atoms with Gasteiger partial charge in [0, 0.05) is 37.2 Å². The molecule has 3 aliphatic heterocycles. The Hall–Kier alpha value is -3.52. The van der Waals surface area contributed by atoms with E-state index in [1.807, 2.05) is 24.3 Å². The predicted molar refractivity (Wildman–Crippen MR) is 113 cm³/mol. The van der Waals surface area contributed by atoms with Crippen LogP contribution in [-0.4, -0.2) is 41.0 Å². The van der Waals surface area contributed by atoms with Crippen LogP contribution in [-0.2, 0) is 25.7 Å². The minimum atomic E-state index is -0.783. The highest BCUT2D eigenvalue weighted by atomic mass is 16.5. The third kappa shape index (κ3) is 3.29. The molecular weight excluding hydrogens is 396 g/mol. The number of ether oxygens (including phenoxy) is 1. The fourth-order valence-electron chi connectivity index (χ4n) is 4.75. The SMILES string of the molecule is CC(=O)Nc1ccc(N2C[C@]34C=C[C@@H](O3)C(C(=O)NCc3cccnc3)[C@@H]4C2=O)cc1. The molecule has 2 aromatic rings. The number of nitrogens with one attached hydrogen (secondary N) is 2. The number of benzene rings is 1. The van der Waals surface area contributed by atoms with Crippen LogP contribution in [0, 0.1) is 11.8 Å². The molecule has 0 aliphatic carbocycles. The van der Waals surface area contributed by atoms with Gasteiger partial charge < -0.3 is 20.3 Å². The molecule has 1 unspecified atom stereocenters. The molecule has 8 heteroatoms. The maximum atomic E-state index is 13.4. The first-order valence-electron chi connectivity index (χ1n) is 10.2. The van der Waals surface area contributed by atoms with Crippen molar-refractivity contribution in [3.05, 3.63) is 66.5 Å². The molecule has 2 saturated heterocycles. The van der Waals surface area contributed by atoms with Gasteiger partial charge in [0.15, 0.2) is 0 Å². The van der Waals surface area contributed by atoms with E-state index in [0.29, 0.717) is 24.5 Å². The van der Waals surface area contributed by atoms with Crippen LogP contribution in [0.2, 0.25) is 0 Å². The fourth-order valence-corrected chi connectivity index (χ4v) is 4.75. The molecule has 1 aromatic heterocycles. The van der Waals surface area contributed by atoms with Crippen LogP contribution in [0.3, 0.4) is 0 Å². The van der Waals surface area contributed by atoms with E-state index >= 15 is 0 Å². The summed E-state index contributed by atoms with van der Waals surface area (Å²) in [5.74, 6) is -1.61. The second-order valence-corrected chi connectivity index (χ2v) is 8.13. The molecule has 2 fully saturated rings. The average molecular weight is 418 g/mol. The van der Waals surface area contributed by atoms with Gasteiger partial charge in [-0.25, -0.2) is 0 Å². The summed E-state index contributed by atoms with van der Waals surface area (Å²) < 4.78 is 6.16. The number of carbonyl (C=O) groups is 3. The lowest BCUT2D eigenvalue weighted by Gasteiger charge is -2.23. The lowest BCUT2D eigenvalue weighted by molar-refractivity contribution is -0.132. The van der Waals surface area contributed by atoms with Gasteiger partial charge in [0.1, 0.15) is 5.60 Å². The normalized spacial score (nSPS) is 28.0. The van der Waals surface area contributed by atoms with Crippen molar-refractivity contribution in [3.8, 4) is 0 Å². The van der Waals surface area contributed by atoms with Crippen molar-refractivity contribution in [2.45, 2.75) is 25.2 Å². The summed E-state index contributed by atoms with van der Waals surface area (Å²) in [5.41, 5.74) is 1.47. The third-order valence-electron chi connectivity index (χ3n) is 6.09. The predicted octanol–water partition coefficient (Wildman–Crippen LogP) is 1.64. The first-order valence-corrected chi connectivity index (χ1v) is 10.2. The summed E-state index contributed by atoms with van der Waals surface area (Å²) in [6, 6.07) is 10.8. The van der Waals surface area contributed by atoms with Gasteiger partial charge in [-0.05, 0) is 35.9 Å². The number of anilines is 2. The van der Waals surface area contributed by atoms with E-state index in [4.69, 9.17) is 4.74 Å². The van der Waals surface area contributed by atoms with Gasteiger partial charge in [-0.1, -0.05) is 18.2 Å². The van der Waals surface area contributed by atoms with Gasteiger partial charge in [-0.15, -0.1) is 0 Å². The van der Waals surface area contributed by atoms with Crippen molar-refractivity contribution in [1.82, 2.24) is 10.3 Å². The maximum absolute atomic E-state index is 13.4. The number of pyridine rings is 1. The van der Waals surface area contributed by atoms with Crippen molar-refractivity contribution in [3.63, 3.8) is 0 Å². The van der Waals surface area contributed by atoms with Crippen molar-refractivity contribution in [2.24, 2.45) is 11.8 Å². The zero-order chi connectivity index (χ0) is 21.6. The molecule has 2 N–H and O–H groups in total. The van der Waals surface area contributed by atoms with Crippen LogP contribution in [0.1, 0.15) is 12.5 Å². The van der Waals surface area contributed by atoms with Crippen LogP contribution in [0.4, 0.5) is 11.4 Å². The lowest BCUT2D eigenvalue weighted by atomic mass is 9.77. The Balaban J connectivity index is 1.34. The molecular formula is C23H22N4O4. The number of nitrogens with zero attached hydrogens (tertiary/aromatic N) is 2. The van der Waals surface area contributed by atoms with E-state index < -0.39 is 23.5 Å². The summed E-state index contributed by atoms with van der Waals surface area (Å²) in [7, 11) is 0. The van der Waals surface area contributed by atoms with Gasteiger partial charge in [0.25, 0.3) is 0 Å². The quantitative estimate of drug-likeness (QED) is 0.719. The highest BCUT2D eigenvalue weighted by Crippen LogP contribution is 2.52. The second kappa shape index (κ2) is 7.31. The molecule has 0 saturated carbocycles. The van der Waals surface area contributed by atoms with E-state index in [1.54, 1.807) is 41.6 Å². The molecule has 158 valence electrons. The Labute approximate surface area is 179 Å². The zero-order valence-electron chi connectivity index (χ0n) is 16.9. The van der Waals surface area contributed by atoms with Crippen molar-refractivity contribution >= 4 is 29.1 Å². The molecule has 5 rings (SSSR count). The summed E-state index contributed by atoms with van der Waals surface area (Å²) in [5, 5.41) is 5.64. The minimum Gasteiger partial charge on any atom is -0.360 e. The monoisotopic (exact) mass is 418 g/mol. The number of carbonyl (C=O) groups excluding carboxylic acids is 3. The molecule has 3 aliphatic rings. The summed E-state index contributed by atoms with van der Waals surface area (Å²) in [6.45, 7) is 2.15. The highest BCUT2D eigenvalue weighted by Gasteiger charge is 2.67. The Bertz CT molecular complexity index is 1070. The molecule has 4 heterocycles. The summed E-state index contributed by atoms with van der Waals surface area (Å²) in [4.78, 5) is 43.3. The van der Waals surface area contributed by atoms with Crippen LogP contribution in [0.15, 0.2) is 60.9 Å². The second-order valence-electron chi connectivity index (χ2n) is 8.13. The largest absolute Gasteiger partial charge is 0.360 e. The van der Waals surface area contributed by atoms with Crippen LogP contribution < -0.4 is 15.5 Å². The Morgan fingerprint density at radius 3 is 2.77 bits per heavy atom. The molecule has 3 amide bonds. The lowest BCUT2D eigenvalue weighted by Crippen LogP contribution is -2.44. The molecule has 1 spiro atoms. The van der Waals surface area contributed by atoms with Crippen LogP contribution in [0.5, 0.6) is 0 Å². The molecule has 1 aromatic carbocycles. The van der Waals surface area contributed by atoms with Crippen LogP contribution in [0.25, 0.3) is 0 Å². The number of fused-ring (bicyclic) bond motifs is 1. The van der Waals surface area contributed by atoms with E-state index in [-0.39, 0.29) is 17.7 Å². The van der Waals surface area contributed by atoms with Gasteiger partial charge in [0.2, 0.25) is 17.7 Å². The Kier molecular flexibility index (Phi) is 4.59. The number of hydrogen-bond donors (Lipinski definition) is 2. The number of hydrogen-bond acceptors (Lipinski definition) is 5. The smallest absolute Gasteiger partial charge is 0.234 e. The van der Waals surface area contributed by atoms with E-state index in [1.165, 1.54) is 6.92 Å². The molecule has 8 nitrogen and oxygen atoms in total. The number of rotatable bonds is 5. The van der Waals surface area contributed by atoms with Crippen molar-refractivity contribution in [2.75, 3.05) is 16.8 Å². The minimum absolute atomic E-state index is 0.124. The average Bonchev–Trinajstić information content (AvgIpc) is 3.41. The Morgan fingerprint density at radius 1 is 1.26 bits per heavy atom. The number of aromatic nitrogens is 1. The molecule has 31 heavy (non-hydrogen) atoms. The first-order chi connectivity index (χ1) is 15.0. The van der Waals surface area contributed by atoms with Gasteiger partial charge in [0.05, 0.1) is 24.5 Å². The summed E-state index contributed by atoms with van der Waals surface area (Å²) >= 11 is 0. The summed E-state index contributed by atoms with van der Waals surface area (Å²) in [6.07, 6.45) is 6.80. The van der Waals surface area contributed by atoms with Crippen LogP contribution >= 0.6 is 0 Å². The standard InChI is InChI=1S/C23H22N4O4/c1-14(28)26-16-4-6-17(7-5-16)27-13-23-9-8-18(31-23)19(20(23)22(27)30)21(29)25-12-15-3-2-10-24-11-15/h2-11,18-20H,12-13H2,1H3,(H,25,29)(H,26,28)/t18-,19?,20-,23+/m1/s1. The number of amides is 3. The van der Waals surface area contributed by atoms with Gasteiger partial charge >= 0.3 is 0 Å².